The zero-order valence-electron chi connectivity index (χ0n) is 16.6. The summed E-state index contributed by atoms with van der Waals surface area (Å²) in [6.45, 7) is -0.271. The van der Waals surface area contributed by atoms with Gasteiger partial charge in [0, 0.05) is 30.9 Å². The Hall–Kier alpha value is -3.36. The summed E-state index contributed by atoms with van der Waals surface area (Å²) in [5.74, 6) is -0.595. The summed E-state index contributed by atoms with van der Waals surface area (Å²) in [6.07, 6.45) is -1.24. The number of sulfonamides is 1. The smallest absolute Gasteiger partial charge is 0.416 e. The summed E-state index contributed by atoms with van der Waals surface area (Å²) >= 11 is 0. The molecule has 0 atom stereocenters. The molecular formula is C21H18F3N3O4S. The van der Waals surface area contributed by atoms with E-state index in [4.69, 9.17) is 4.74 Å². The monoisotopic (exact) mass is 465 g/mol. The number of rotatable bonds is 8. The van der Waals surface area contributed by atoms with Gasteiger partial charge in [0.15, 0.2) is 0 Å². The lowest BCUT2D eigenvalue weighted by atomic mass is 10.2. The van der Waals surface area contributed by atoms with Crippen molar-refractivity contribution < 1.29 is 31.1 Å². The average molecular weight is 465 g/mol. The minimum Gasteiger partial charge on any atom is -0.461 e. The lowest BCUT2D eigenvalue weighted by Gasteiger charge is -2.10. The highest BCUT2D eigenvalue weighted by Crippen LogP contribution is 2.30. The lowest BCUT2D eigenvalue weighted by molar-refractivity contribution is -0.145. The van der Waals surface area contributed by atoms with Gasteiger partial charge in [0.2, 0.25) is 10.0 Å². The molecule has 1 aromatic carbocycles. The van der Waals surface area contributed by atoms with Crippen LogP contribution in [-0.2, 0) is 32.3 Å². The van der Waals surface area contributed by atoms with E-state index in [0.717, 1.165) is 18.2 Å². The van der Waals surface area contributed by atoms with E-state index < -0.39 is 32.6 Å². The first-order valence-electron chi connectivity index (χ1n) is 9.43. The molecule has 0 amide bonds. The van der Waals surface area contributed by atoms with Gasteiger partial charge in [-0.3, -0.25) is 4.79 Å². The molecule has 0 saturated carbocycles. The van der Waals surface area contributed by atoms with Crippen molar-refractivity contribution >= 4 is 21.5 Å². The van der Waals surface area contributed by atoms with Gasteiger partial charge in [0.1, 0.15) is 12.7 Å². The van der Waals surface area contributed by atoms with Crippen LogP contribution in [0.1, 0.15) is 29.5 Å². The summed E-state index contributed by atoms with van der Waals surface area (Å²) in [4.78, 5) is 11.5. The van der Waals surface area contributed by atoms with Crippen molar-refractivity contribution in [3.8, 4) is 6.07 Å². The van der Waals surface area contributed by atoms with Crippen LogP contribution in [0.3, 0.4) is 0 Å². The number of aromatic nitrogens is 1. The molecular weight excluding hydrogens is 447 g/mol. The average Bonchev–Trinajstić information content (AvgIpc) is 3.12. The van der Waals surface area contributed by atoms with Gasteiger partial charge in [-0.1, -0.05) is 12.1 Å². The molecule has 0 spiro atoms. The Bertz CT molecular complexity index is 1280. The van der Waals surface area contributed by atoms with Gasteiger partial charge in [-0.05, 0) is 36.8 Å². The first kappa shape index (κ1) is 23.3. The van der Waals surface area contributed by atoms with Gasteiger partial charge in [-0.15, -0.1) is 0 Å². The van der Waals surface area contributed by atoms with Crippen molar-refractivity contribution in [1.82, 2.24) is 9.12 Å². The molecule has 2 aromatic heterocycles. The van der Waals surface area contributed by atoms with E-state index >= 15 is 0 Å². The third-order valence-electron chi connectivity index (χ3n) is 4.58. The van der Waals surface area contributed by atoms with Gasteiger partial charge >= 0.3 is 12.1 Å². The fourth-order valence-corrected chi connectivity index (χ4v) is 4.13. The predicted molar refractivity (Wildman–Crippen MR) is 108 cm³/mol. The molecule has 2 heterocycles. The predicted octanol–water partition coefficient (Wildman–Crippen LogP) is 3.63. The highest BCUT2D eigenvalue weighted by molar-refractivity contribution is 7.89. The third kappa shape index (κ3) is 5.46. The Balaban J connectivity index is 1.50. The van der Waals surface area contributed by atoms with Crippen molar-refractivity contribution in [3.63, 3.8) is 0 Å². The first-order chi connectivity index (χ1) is 15.1. The molecule has 3 aromatic rings. The van der Waals surface area contributed by atoms with Crippen LogP contribution >= 0.6 is 0 Å². The number of carbonyl (C=O) groups is 1. The van der Waals surface area contributed by atoms with Crippen LogP contribution in [0, 0.1) is 11.3 Å². The minimum absolute atomic E-state index is 0.0832. The fourth-order valence-electron chi connectivity index (χ4n) is 3.01. The molecule has 3 rings (SSSR count). The fraction of sp³-hybridized carbons (Fsp3) is 0.238. The van der Waals surface area contributed by atoms with Crippen LogP contribution in [0.5, 0.6) is 0 Å². The normalized spacial score (nSPS) is 11.9. The second-order valence-electron chi connectivity index (χ2n) is 6.82. The Morgan fingerprint density at radius 1 is 1.19 bits per heavy atom. The van der Waals surface area contributed by atoms with E-state index in [2.05, 4.69) is 10.8 Å². The summed E-state index contributed by atoms with van der Waals surface area (Å²) in [5.41, 5.74) is 0.550. The number of nitrogens with zero attached hydrogens (tertiary/aromatic N) is 2. The minimum atomic E-state index is -4.66. The van der Waals surface area contributed by atoms with Gasteiger partial charge in [-0.2, -0.15) is 18.4 Å². The van der Waals surface area contributed by atoms with E-state index in [9.17, 15) is 31.6 Å². The van der Waals surface area contributed by atoms with Crippen molar-refractivity contribution in [2.75, 3.05) is 6.54 Å². The SMILES string of the molecule is N#Cc1c(COC(=O)CCCNS(=O)(=O)c2cccc(C(F)(F)F)c2)cn2ccccc12. The molecule has 0 bridgehead atoms. The molecule has 0 radical (unpaired) electrons. The van der Waals surface area contributed by atoms with E-state index in [1.54, 1.807) is 35.0 Å². The molecule has 0 saturated heterocycles. The number of nitriles is 1. The van der Waals surface area contributed by atoms with Crippen molar-refractivity contribution in [2.24, 2.45) is 0 Å². The van der Waals surface area contributed by atoms with E-state index in [1.807, 2.05) is 0 Å². The van der Waals surface area contributed by atoms with Crippen molar-refractivity contribution in [3.05, 3.63) is 71.5 Å². The lowest BCUT2D eigenvalue weighted by Crippen LogP contribution is -2.25. The zero-order chi connectivity index (χ0) is 23.4. The summed E-state index contributed by atoms with van der Waals surface area (Å²) in [7, 11) is -4.16. The molecule has 0 unspecified atom stereocenters. The number of carbonyl (C=O) groups excluding carboxylic acids is 1. The molecule has 0 aliphatic carbocycles. The molecule has 1 N–H and O–H groups in total. The van der Waals surface area contributed by atoms with Gasteiger partial charge in [-0.25, -0.2) is 13.1 Å². The second kappa shape index (κ2) is 9.42. The number of fused-ring (bicyclic) bond motifs is 1. The topological polar surface area (TPSA) is 101 Å². The van der Waals surface area contributed by atoms with Crippen LogP contribution in [0.4, 0.5) is 13.2 Å². The number of hydrogen-bond acceptors (Lipinski definition) is 5. The van der Waals surface area contributed by atoms with Gasteiger partial charge < -0.3 is 9.14 Å². The summed E-state index contributed by atoms with van der Waals surface area (Å²) < 4.78 is 71.8. The second-order valence-corrected chi connectivity index (χ2v) is 8.59. The van der Waals surface area contributed by atoms with Crippen LogP contribution < -0.4 is 4.72 Å². The zero-order valence-corrected chi connectivity index (χ0v) is 17.4. The van der Waals surface area contributed by atoms with Crippen molar-refractivity contribution in [1.29, 1.82) is 5.26 Å². The first-order valence-corrected chi connectivity index (χ1v) is 10.9. The molecule has 11 heteroatoms. The molecule has 0 aliphatic rings. The van der Waals surface area contributed by atoms with Crippen molar-refractivity contribution in [2.45, 2.75) is 30.5 Å². The third-order valence-corrected chi connectivity index (χ3v) is 6.04. The highest BCUT2D eigenvalue weighted by Gasteiger charge is 2.31. The number of benzene rings is 1. The van der Waals surface area contributed by atoms with Crippen LogP contribution in [0.25, 0.3) is 5.52 Å². The van der Waals surface area contributed by atoms with E-state index in [1.165, 1.54) is 0 Å². The highest BCUT2D eigenvalue weighted by atomic mass is 32.2. The molecule has 7 nitrogen and oxygen atoms in total. The van der Waals surface area contributed by atoms with Gasteiger partial charge in [0.05, 0.1) is 21.5 Å². The Labute approximate surface area is 182 Å². The Kier molecular flexibility index (Phi) is 6.86. The number of hydrogen-bond donors (Lipinski definition) is 1. The molecule has 168 valence electrons. The molecule has 0 fully saturated rings. The maximum absolute atomic E-state index is 12.8. The number of nitrogens with one attached hydrogen (secondary N) is 1. The number of alkyl halides is 3. The Morgan fingerprint density at radius 3 is 2.69 bits per heavy atom. The quantitative estimate of drug-likeness (QED) is 0.405. The summed E-state index contributed by atoms with van der Waals surface area (Å²) in [6, 6.07) is 10.8. The molecule has 0 aliphatic heterocycles. The molecule has 32 heavy (non-hydrogen) atoms. The van der Waals surface area contributed by atoms with Crippen LogP contribution in [-0.4, -0.2) is 25.3 Å². The number of pyridine rings is 1. The summed E-state index contributed by atoms with van der Waals surface area (Å²) in [5, 5.41) is 9.34. The largest absolute Gasteiger partial charge is 0.461 e. The van der Waals surface area contributed by atoms with E-state index in [-0.39, 0.29) is 26.0 Å². The maximum Gasteiger partial charge on any atom is 0.416 e. The van der Waals surface area contributed by atoms with Crippen LogP contribution in [0.15, 0.2) is 59.8 Å². The number of esters is 1. The number of ether oxygens (including phenoxy) is 1. The van der Waals surface area contributed by atoms with E-state index in [0.29, 0.717) is 22.7 Å². The van der Waals surface area contributed by atoms with Crippen LogP contribution in [0.2, 0.25) is 0 Å². The standard InChI is InChI=1S/C21H18F3N3O4S/c22-21(23,24)16-5-3-6-17(11-16)32(29,30)26-9-4-8-20(28)31-14-15-13-27-10-2-1-7-19(27)18(15)12-25/h1-3,5-7,10-11,13,26H,4,8-9,14H2. The van der Waals surface area contributed by atoms with Gasteiger partial charge in [0.25, 0.3) is 0 Å². The number of halogens is 3. The maximum atomic E-state index is 12.8. The Morgan fingerprint density at radius 2 is 1.97 bits per heavy atom.